The molecule has 0 radical (unpaired) electrons. The molecule has 3 heterocycles. The third kappa shape index (κ3) is 3.86. The molecule has 1 aromatic carbocycles. The first-order valence-electron chi connectivity index (χ1n) is 9.12. The van der Waals surface area contributed by atoms with Crippen molar-refractivity contribution in [1.82, 2.24) is 24.7 Å². The van der Waals surface area contributed by atoms with Gasteiger partial charge >= 0.3 is 6.18 Å². The maximum Gasteiger partial charge on any atom is 0.453 e. The summed E-state index contributed by atoms with van der Waals surface area (Å²) in [6, 6.07) is 11.2. The van der Waals surface area contributed by atoms with E-state index in [2.05, 4.69) is 26.3 Å². The van der Waals surface area contributed by atoms with Crippen LogP contribution in [-0.2, 0) is 12.7 Å². The van der Waals surface area contributed by atoms with Gasteiger partial charge < -0.3 is 4.90 Å². The lowest BCUT2D eigenvalue weighted by molar-refractivity contribution is -0.146. The van der Waals surface area contributed by atoms with Crippen LogP contribution in [0.25, 0.3) is 5.65 Å². The summed E-state index contributed by atoms with van der Waals surface area (Å²) >= 11 is 0. The summed E-state index contributed by atoms with van der Waals surface area (Å²) < 4.78 is 40.2. The maximum absolute atomic E-state index is 13.1. The highest BCUT2D eigenvalue weighted by molar-refractivity contribution is 5.53. The van der Waals surface area contributed by atoms with Crippen molar-refractivity contribution in [2.24, 2.45) is 0 Å². The normalized spacial score (nSPS) is 15.6. The molecule has 0 amide bonds. The van der Waals surface area contributed by atoms with Crippen LogP contribution in [0.3, 0.4) is 0 Å². The highest BCUT2D eigenvalue weighted by atomic mass is 19.4. The van der Waals surface area contributed by atoms with Crippen LogP contribution in [-0.4, -0.2) is 50.9 Å². The molecule has 0 saturated carbocycles. The Kier molecular flexibility index (Phi) is 4.84. The smallest absolute Gasteiger partial charge is 0.352 e. The van der Waals surface area contributed by atoms with Crippen molar-refractivity contribution in [2.45, 2.75) is 19.6 Å². The third-order valence-electron chi connectivity index (χ3n) is 4.97. The molecule has 2 aromatic heterocycles. The Labute approximate surface area is 165 Å². The van der Waals surface area contributed by atoms with E-state index in [-0.39, 0.29) is 5.65 Å². The second-order valence-corrected chi connectivity index (χ2v) is 7.01. The number of aryl methyl sites for hydroxylation is 1. The number of nitrogens with zero attached hydrogens (tertiary/aromatic N) is 7. The van der Waals surface area contributed by atoms with Crippen molar-refractivity contribution < 1.29 is 13.2 Å². The number of halogens is 3. The molecule has 1 aliphatic heterocycles. The van der Waals surface area contributed by atoms with Crippen LogP contribution in [0.2, 0.25) is 0 Å². The van der Waals surface area contributed by atoms with Crippen LogP contribution >= 0.6 is 0 Å². The summed E-state index contributed by atoms with van der Waals surface area (Å²) in [6.07, 6.45) is -4.61. The van der Waals surface area contributed by atoms with Crippen molar-refractivity contribution in [3.05, 3.63) is 52.8 Å². The predicted octanol–water partition coefficient (Wildman–Crippen LogP) is 2.65. The Balaban J connectivity index is 1.48. The monoisotopic (exact) mass is 401 g/mol. The quantitative estimate of drug-likeness (QED) is 0.672. The zero-order chi connectivity index (χ0) is 20.6. The molecule has 29 heavy (non-hydrogen) atoms. The van der Waals surface area contributed by atoms with Crippen molar-refractivity contribution in [3.8, 4) is 6.07 Å². The number of hydrogen-bond donors (Lipinski definition) is 0. The van der Waals surface area contributed by atoms with E-state index >= 15 is 0 Å². The number of hydrogen-bond acceptors (Lipinski definition) is 6. The van der Waals surface area contributed by atoms with E-state index in [0.717, 1.165) is 35.3 Å². The second-order valence-electron chi connectivity index (χ2n) is 7.01. The predicted molar refractivity (Wildman–Crippen MR) is 99.2 cm³/mol. The average Bonchev–Trinajstić information content (AvgIpc) is 3.12. The van der Waals surface area contributed by atoms with Crippen molar-refractivity contribution in [1.29, 1.82) is 5.26 Å². The Morgan fingerprint density at radius 3 is 2.38 bits per heavy atom. The summed E-state index contributed by atoms with van der Waals surface area (Å²) in [6.45, 7) is 5.39. The van der Waals surface area contributed by atoms with Gasteiger partial charge in [0.15, 0.2) is 11.5 Å². The van der Waals surface area contributed by atoms with Crippen LogP contribution in [0, 0.1) is 18.3 Å². The SMILES string of the molecule is Cc1cc2nnc(C(F)(F)F)n2nc1N1CCN(Cc2ccc(C#N)cc2)CC1. The molecule has 1 fully saturated rings. The minimum Gasteiger partial charge on any atom is -0.352 e. The lowest BCUT2D eigenvalue weighted by Crippen LogP contribution is -2.46. The molecular weight excluding hydrogens is 383 g/mol. The summed E-state index contributed by atoms with van der Waals surface area (Å²) in [4.78, 5) is 4.26. The summed E-state index contributed by atoms with van der Waals surface area (Å²) in [5.41, 5.74) is 2.59. The van der Waals surface area contributed by atoms with Crippen LogP contribution in [0.4, 0.5) is 19.0 Å². The van der Waals surface area contributed by atoms with Gasteiger partial charge in [-0.05, 0) is 36.2 Å². The molecule has 0 N–H and O–H groups in total. The van der Waals surface area contributed by atoms with Crippen molar-refractivity contribution in [3.63, 3.8) is 0 Å². The summed E-state index contributed by atoms with van der Waals surface area (Å²) in [5, 5.41) is 19.9. The summed E-state index contributed by atoms with van der Waals surface area (Å²) in [5.74, 6) is -0.603. The molecule has 0 aliphatic carbocycles. The van der Waals surface area contributed by atoms with Crippen LogP contribution in [0.1, 0.15) is 22.5 Å². The van der Waals surface area contributed by atoms with Gasteiger partial charge in [0, 0.05) is 32.7 Å². The van der Waals surface area contributed by atoms with Gasteiger partial charge in [-0.3, -0.25) is 4.90 Å². The van der Waals surface area contributed by atoms with E-state index in [1.807, 2.05) is 24.0 Å². The third-order valence-corrected chi connectivity index (χ3v) is 4.97. The van der Waals surface area contributed by atoms with E-state index in [0.29, 0.717) is 24.5 Å². The molecule has 10 heteroatoms. The Morgan fingerprint density at radius 2 is 1.76 bits per heavy atom. The second kappa shape index (κ2) is 7.33. The highest BCUT2D eigenvalue weighted by Crippen LogP contribution is 2.29. The maximum atomic E-state index is 13.1. The lowest BCUT2D eigenvalue weighted by Gasteiger charge is -2.36. The van der Waals surface area contributed by atoms with Gasteiger partial charge in [0.25, 0.3) is 5.82 Å². The number of alkyl halides is 3. The molecule has 1 aliphatic rings. The Hall–Kier alpha value is -3.19. The minimum absolute atomic E-state index is 0.0815. The van der Waals surface area contributed by atoms with E-state index in [1.165, 1.54) is 0 Å². The van der Waals surface area contributed by atoms with Gasteiger partial charge in [-0.2, -0.15) is 22.9 Å². The number of rotatable bonds is 3. The molecule has 0 unspecified atom stereocenters. The molecule has 3 aromatic rings. The summed E-state index contributed by atoms with van der Waals surface area (Å²) in [7, 11) is 0. The number of aromatic nitrogens is 4. The number of fused-ring (bicyclic) bond motifs is 1. The fourth-order valence-corrected chi connectivity index (χ4v) is 3.46. The molecule has 0 spiro atoms. The van der Waals surface area contributed by atoms with Gasteiger partial charge in [-0.25, -0.2) is 0 Å². The van der Waals surface area contributed by atoms with Gasteiger partial charge in [-0.15, -0.1) is 15.3 Å². The molecule has 0 bridgehead atoms. The Bertz CT molecular complexity index is 1060. The van der Waals surface area contributed by atoms with Crippen LogP contribution in [0.15, 0.2) is 30.3 Å². The first-order chi connectivity index (χ1) is 13.8. The fraction of sp³-hybridized carbons (Fsp3) is 0.368. The van der Waals surface area contributed by atoms with E-state index in [1.54, 1.807) is 18.2 Å². The van der Waals surface area contributed by atoms with E-state index in [4.69, 9.17) is 5.26 Å². The fourth-order valence-electron chi connectivity index (χ4n) is 3.46. The zero-order valence-corrected chi connectivity index (χ0v) is 15.7. The number of nitriles is 1. The van der Waals surface area contributed by atoms with Crippen molar-refractivity contribution in [2.75, 3.05) is 31.1 Å². The Morgan fingerprint density at radius 1 is 1.07 bits per heavy atom. The first-order valence-corrected chi connectivity index (χ1v) is 9.12. The van der Waals surface area contributed by atoms with Crippen molar-refractivity contribution >= 4 is 11.5 Å². The van der Waals surface area contributed by atoms with Gasteiger partial charge in [0.1, 0.15) is 0 Å². The largest absolute Gasteiger partial charge is 0.453 e. The van der Waals surface area contributed by atoms with Gasteiger partial charge in [0.05, 0.1) is 11.6 Å². The average molecular weight is 401 g/mol. The van der Waals surface area contributed by atoms with E-state index < -0.39 is 12.0 Å². The first kappa shape index (κ1) is 19.1. The topological polar surface area (TPSA) is 73.3 Å². The number of anilines is 1. The number of benzene rings is 1. The molecule has 4 rings (SSSR count). The standard InChI is InChI=1S/C19H18F3N7/c1-13-10-16-24-25-18(19(20,21)22)29(16)26-17(13)28-8-6-27(7-9-28)12-15-4-2-14(11-23)3-5-15/h2-5,10H,6-9,12H2,1H3. The van der Waals surface area contributed by atoms with Gasteiger partial charge in [-0.1, -0.05) is 12.1 Å². The lowest BCUT2D eigenvalue weighted by atomic mass is 10.1. The minimum atomic E-state index is -4.61. The molecule has 1 saturated heterocycles. The zero-order valence-electron chi connectivity index (χ0n) is 15.7. The van der Waals surface area contributed by atoms with Crippen LogP contribution in [0.5, 0.6) is 0 Å². The molecule has 7 nitrogen and oxygen atoms in total. The van der Waals surface area contributed by atoms with Crippen LogP contribution < -0.4 is 4.90 Å². The highest BCUT2D eigenvalue weighted by Gasteiger charge is 2.38. The molecule has 0 atom stereocenters. The molecule has 150 valence electrons. The number of piperazine rings is 1. The van der Waals surface area contributed by atoms with Gasteiger partial charge in [0.2, 0.25) is 0 Å². The van der Waals surface area contributed by atoms with E-state index in [9.17, 15) is 13.2 Å². The molecular formula is C19H18F3N7.